The van der Waals surface area contributed by atoms with Gasteiger partial charge < -0.3 is 14.6 Å². The molecule has 23 heavy (non-hydrogen) atoms. The number of hydrogen-bond donors (Lipinski definition) is 1. The second kappa shape index (κ2) is 7.64. The van der Waals surface area contributed by atoms with Gasteiger partial charge in [-0.2, -0.15) is 0 Å². The Bertz CT molecular complexity index is 600. The molecule has 1 aliphatic heterocycles. The number of nitrogens with zero attached hydrogens (tertiary/aromatic N) is 1. The SMILES string of the molecule is O=CCC(OCc1ccccc1)C(=O)N1C(=O)CC[C@H]1C(=O)O. The molecule has 1 heterocycles. The summed E-state index contributed by atoms with van der Waals surface area (Å²) in [7, 11) is 0. The Hall–Kier alpha value is -2.54. The number of carboxylic acids is 1. The van der Waals surface area contributed by atoms with E-state index in [0.717, 1.165) is 5.56 Å². The molecule has 2 atom stereocenters. The highest BCUT2D eigenvalue weighted by Crippen LogP contribution is 2.21. The minimum absolute atomic E-state index is 0.00476. The highest BCUT2D eigenvalue weighted by atomic mass is 16.5. The van der Waals surface area contributed by atoms with Crippen LogP contribution in [-0.4, -0.2) is 46.2 Å². The van der Waals surface area contributed by atoms with Crippen molar-refractivity contribution in [2.45, 2.75) is 38.0 Å². The third kappa shape index (κ3) is 4.01. The number of benzene rings is 1. The number of aliphatic carboxylic acids is 1. The molecular weight excluding hydrogens is 302 g/mol. The molecule has 0 aromatic heterocycles. The van der Waals surface area contributed by atoms with Gasteiger partial charge in [-0.25, -0.2) is 4.79 Å². The van der Waals surface area contributed by atoms with Crippen molar-refractivity contribution < 1.29 is 29.0 Å². The van der Waals surface area contributed by atoms with E-state index >= 15 is 0 Å². The van der Waals surface area contributed by atoms with E-state index < -0.39 is 29.9 Å². The van der Waals surface area contributed by atoms with Gasteiger partial charge in [0.2, 0.25) is 5.91 Å². The Morgan fingerprint density at radius 1 is 1.35 bits per heavy atom. The van der Waals surface area contributed by atoms with Crippen LogP contribution >= 0.6 is 0 Å². The summed E-state index contributed by atoms with van der Waals surface area (Å²) < 4.78 is 5.45. The van der Waals surface area contributed by atoms with Gasteiger partial charge in [-0.3, -0.25) is 14.5 Å². The molecule has 0 spiro atoms. The average Bonchev–Trinajstić information content (AvgIpc) is 2.93. The van der Waals surface area contributed by atoms with Crippen LogP contribution in [-0.2, 0) is 30.5 Å². The van der Waals surface area contributed by atoms with Crippen molar-refractivity contribution in [3.8, 4) is 0 Å². The van der Waals surface area contributed by atoms with Crippen molar-refractivity contribution >= 4 is 24.1 Å². The summed E-state index contributed by atoms with van der Waals surface area (Å²) in [5.74, 6) is -2.57. The molecule has 2 amide bonds. The van der Waals surface area contributed by atoms with E-state index in [1.165, 1.54) is 0 Å². The van der Waals surface area contributed by atoms with Crippen LogP contribution in [0.2, 0.25) is 0 Å². The number of imide groups is 1. The zero-order chi connectivity index (χ0) is 16.8. The maximum Gasteiger partial charge on any atom is 0.326 e. The van der Waals surface area contributed by atoms with Crippen molar-refractivity contribution in [3.05, 3.63) is 35.9 Å². The molecule has 1 unspecified atom stereocenters. The fraction of sp³-hybridized carbons (Fsp3) is 0.375. The predicted molar refractivity (Wildman–Crippen MR) is 78.2 cm³/mol. The summed E-state index contributed by atoms with van der Waals surface area (Å²) in [6.07, 6.45) is -0.815. The summed E-state index contributed by atoms with van der Waals surface area (Å²) in [6, 6.07) is 7.84. The number of amides is 2. The monoisotopic (exact) mass is 319 g/mol. The lowest BCUT2D eigenvalue weighted by atomic mass is 10.2. The summed E-state index contributed by atoms with van der Waals surface area (Å²) in [5, 5.41) is 9.11. The fourth-order valence-electron chi connectivity index (χ4n) is 2.45. The third-order valence-corrected chi connectivity index (χ3v) is 3.61. The van der Waals surface area contributed by atoms with Crippen LogP contribution in [0.15, 0.2) is 30.3 Å². The van der Waals surface area contributed by atoms with Crippen molar-refractivity contribution in [1.29, 1.82) is 0 Å². The molecule has 0 bridgehead atoms. The predicted octanol–water partition coefficient (Wildman–Crippen LogP) is 0.763. The van der Waals surface area contributed by atoms with E-state index in [2.05, 4.69) is 0 Å². The van der Waals surface area contributed by atoms with Gasteiger partial charge in [0, 0.05) is 12.8 Å². The Morgan fingerprint density at radius 2 is 2.04 bits per heavy atom. The number of rotatable bonds is 7. The van der Waals surface area contributed by atoms with Crippen molar-refractivity contribution in [2.75, 3.05) is 0 Å². The first-order valence-electron chi connectivity index (χ1n) is 7.22. The quantitative estimate of drug-likeness (QED) is 0.745. The first-order valence-corrected chi connectivity index (χ1v) is 7.22. The molecule has 0 radical (unpaired) electrons. The van der Waals surface area contributed by atoms with E-state index in [9.17, 15) is 19.2 Å². The lowest BCUT2D eigenvalue weighted by molar-refractivity contribution is -0.160. The van der Waals surface area contributed by atoms with Crippen LogP contribution < -0.4 is 0 Å². The fourth-order valence-corrected chi connectivity index (χ4v) is 2.45. The van der Waals surface area contributed by atoms with Gasteiger partial charge in [0.05, 0.1) is 6.61 Å². The molecule has 1 saturated heterocycles. The smallest absolute Gasteiger partial charge is 0.326 e. The zero-order valence-corrected chi connectivity index (χ0v) is 12.4. The lowest BCUT2D eigenvalue weighted by Crippen LogP contribution is -2.48. The number of carbonyl (C=O) groups excluding carboxylic acids is 3. The summed E-state index contributed by atoms with van der Waals surface area (Å²) in [6.45, 7) is 0.0882. The second-order valence-electron chi connectivity index (χ2n) is 5.18. The maximum atomic E-state index is 12.4. The van der Waals surface area contributed by atoms with Crippen molar-refractivity contribution in [2.24, 2.45) is 0 Å². The standard InChI is InChI=1S/C16H17NO6/c18-9-8-13(23-10-11-4-2-1-3-5-11)15(20)17-12(16(21)22)6-7-14(17)19/h1-5,9,12-13H,6-8,10H2,(H,21,22)/t12-,13?/m0/s1. The summed E-state index contributed by atoms with van der Waals surface area (Å²) >= 11 is 0. The molecule has 7 heteroatoms. The molecule has 0 saturated carbocycles. The number of carbonyl (C=O) groups is 4. The second-order valence-corrected chi connectivity index (χ2v) is 5.18. The number of likely N-dealkylation sites (tertiary alicyclic amines) is 1. The van der Waals surface area contributed by atoms with Gasteiger partial charge in [0.25, 0.3) is 5.91 Å². The molecule has 0 aliphatic carbocycles. The van der Waals surface area contributed by atoms with Crippen LogP contribution in [0.25, 0.3) is 0 Å². The van der Waals surface area contributed by atoms with E-state index in [1.54, 1.807) is 24.3 Å². The molecule has 1 fully saturated rings. The van der Waals surface area contributed by atoms with Crippen LogP contribution in [0, 0.1) is 0 Å². The normalized spacial score (nSPS) is 18.7. The molecule has 1 aromatic rings. The first kappa shape index (κ1) is 16.8. The minimum atomic E-state index is -1.24. The van der Waals surface area contributed by atoms with Crippen LogP contribution in [0.1, 0.15) is 24.8 Å². The van der Waals surface area contributed by atoms with Crippen LogP contribution in [0.3, 0.4) is 0 Å². The van der Waals surface area contributed by atoms with E-state index in [4.69, 9.17) is 9.84 Å². The maximum absolute atomic E-state index is 12.4. The lowest BCUT2D eigenvalue weighted by Gasteiger charge is -2.24. The van der Waals surface area contributed by atoms with E-state index in [0.29, 0.717) is 11.2 Å². The van der Waals surface area contributed by atoms with Crippen LogP contribution in [0.5, 0.6) is 0 Å². The average molecular weight is 319 g/mol. The number of hydrogen-bond acceptors (Lipinski definition) is 5. The number of carboxylic acid groups (broad SMARTS) is 1. The van der Waals surface area contributed by atoms with Gasteiger partial charge in [0.1, 0.15) is 18.4 Å². The van der Waals surface area contributed by atoms with E-state index in [1.807, 2.05) is 6.07 Å². The van der Waals surface area contributed by atoms with Gasteiger partial charge in [-0.1, -0.05) is 30.3 Å². The number of ether oxygens (including phenoxy) is 1. The highest BCUT2D eigenvalue weighted by molar-refractivity contribution is 6.03. The van der Waals surface area contributed by atoms with Crippen LogP contribution in [0.4, 0.5) is 0 Å². The molecular formula is C16H17NO6. The molecule has 2 rings (SSSR count). The largest absolute Gasteiger partial charge is 0.480 e. The van der Waals surface area contributed by atoms with Gasteiger partial charge >= 0.3 is 5.97 Å². The van der Waals surface area contributed by atoms with Crippen molar-refractivity contribution in [3.63, 3.8) is 0 Å². The topological polar surface area (TPSA) is 101 Å². The molecule has 1 aliphatic rings. The zero-order valence-electron chi connectivity index (χ0n) is 12.4. The Morgan fingerprint density at radius 3 is 2.65 bits per heavy atom. The Balaban J connectivity index is 2.09. The van der Waals surface area contributed by atoms with Gasteiger partial charge in [-0.05, 0) is 12.0 Å². The molecule has 1 N–H and O–H groups in total. The summed E-state index contributed by atoms with van der Waals surface area (Å²) in [4.78, 5) is 46.9. The van der Waals surface area contributed by atoms with Gasteiger partial charge in [-0.15, -0.1) is 0 Å². The van der Waals surface area contributed by atoms with Crippen molar-refractivity contribution in [1.82, 2.24) is 4.90 Å². The third-order valence-electron chi connectivity index (χ3n) is 3.61. The summed E-state index contributed by atoms with van der Waals surface area (Å²) in [5.41, 5.74) is 0.804. The highest BCUT2D eigenvalue weighted by Gasteiger charge is 2.42. The number of aldehydes is 1. The molecule has 1 aromatic carbocycles. The first-order chi connectivity index (χ1) is 11.0. The molecule has 122 valence electrons. The van der Waals surface area contributed by atoms with Gasteiger partial charge in [0.15, 0.2) is 0 Å². The molecule has 7 nitrogen and oxygen atoms in total. The minimum Gasteiger partial charge on any atom is -0.480 e. The Kier molecular flexibility index (Phi) is 5.59. The Labute approximate surface area is 132 Å². The van der Waals surface area contributed by atoms with E-state index in [-0.39, 0.29) is 25.9 Å².